The number of nitrogens with zero attached hydrogens (tertiary/aromatic N) is 1. The van der Waals surface area contributed by atoms with Gasteiger partial charge in [0.05, 0.1) is 12.2 Å². The molecule has 5 heteroatoms. The van der Waals surface area contributed by atoms with Gasteiger partial charge in [0.15, 0.2) is 0 Å². The minimum absolute atomic E-state index is 0.103. The molecule has 2 fully saturated rings. The third-order valence-electron chi connectivity index (χ3n) is 4.39. The smallest absolute Gasteiger partial charge is 0.0831 e. The van der Waals surface area contributed by atoms with Crippen molar-refractivity contribution in [3.05, 3.63) is 21.9 Å². The Bertz CT molecular complexity index is 419. The Morgan fingerprint density at radius 2 is 2.25 bits per heavy atom. The molecule has 0 unspecified atom stereocenters. The first-order chi connectivity index (χ1) is 9.80. The molecule has 2 aliphatic heterocycles. The summed E-state index contributed by atoms with van der Waals surface area (Å²) in [5.41, 5.74) is 1.37. The van der Waals surface area contributed by atoms with Crippen molar-refractivity contribution in [3.8, 4) is 0 Å². The summed E-state index contributed by atoms with van der Waals surface area (Å²) in [6, 6.07) is 2.24. The Kier molecular flexibility index (Phi) is 4.73. The summed E-state index contributed by atoms with van der Waals surface area (Å²) in [5, 5.41) is 14.6. The van der Waals surface area contributed by atoms with Crippen molar-refractivity contribution in [3.63, 3.8) is 0 Å². The van der Waals surface area contributed by atoms with Crippen molar-refractivity contribution >= 4 is 11.3 Å². The van der Waals surface area contributed by atoms with Crippen LogP contribution in [0.5, 0.6) is 0 Å². The number of ether oxygens (including phenoxy) is 1. The summed E-state index contributed by atoms with van der Waals surface area (Å²) in [6.45, 7) is 6.39. The van der Waals surface area contributed by atoms with Gasteiger partial charge >= 0.3 is 0 Å². The van der Waals surface area contributed by atoms with Gasteiger partial charge in [0, 0.05) is 44.2 Å². The first-order valence-corrected chi connectivity index (χ1v) is 8.42. The number of nitrogens with one attached hydrogen (secondary N) is 1. The van der Waals surface area contributed by atoms with Crippen LogP contribution in [0.4, 0.5) is 0 Å². The molecule has 2 aliphatic rings. The molecule has 1 aromatic heterocycles. The van der Waals surface area contributed by atoms with Gasteiger partial charge in [0.2, 0.25) is 0 Å². The van der Waals surface area contributed by atoms with E-state index in [1.165, 1.54) is 10.4 Å². The largest absolute Gasteiger partial charge is 0.396 e. The molecule has 4 nitrogen and oxygen atoms in total. The van der Waals surface area contributed by atoms with Gasteiger partial charge in [-0.25, -0.2) is 0 Å². The molecule has 0 atom stereocenters. The molecule has 3 heterocycles. The molecular weight excluding hydrogens is 272 g/mol. The van der Waals surface area contributed by atoms with Gasteiger partial charge < -0.3 is 15.2 Å². The van der Waals surface area contributed by atoms with Gasteiger partial charge in [-0.2, -0.15) is 0 Å². The lowest BCUT2D eigenvalue weighted by molar-refractivity contribution is -0.100. The van der Waals surface area contributed by atoms with Gasteiger partial charge in [-0.05, 0) is 36.3 Å². The maximum Gasteiger partial charge on any atom is 0.0831 e. The average Bonchev–Trinajstić information content (AvgIpc) is 2.91. The maximum atomic E-state index is 8.97. The second kappa shape index (κ2) is 6.54. The highest BCUT2D eigenvalue weighted by Crippen LogP contribution is 2.29. The fourth-order valence-electron chi connectivity index (χ4n) is 3.14. The molecule has 1 aromatic rings. The Balaban J connectivity index is 1.50. The number of likely N-dealkylation sites (tertiary alicyclic amines) is 1. The fraction of sp³-hybridized carbons (Fsp3) is 0.733. The predicted molar refractivity (Wildman–Crippen MR) is 81.2 cm³/mol. The number of hydrogen-bond acceptors (Lipinski definition) is 5. The normalized spacial score (nSPS) is 23.2. The average molecular weight is 296 g/mol. The maximum absolute atomic E-state index is 8.97. The minimum Gasteiger partial charge on any atom is -0.396 e. The van der Waals surface area contributed by atoms with Crippen LogP contribution >= 0.6 is 11.3 Å². The van der Waals surface area contributed by atoms with Crippen molar-refractivity contribution in [2.75, 3.05) is 39.4 Å². The van der Waals surface area contributed by atoms with E-state index < -0.39 is 0 Å². The first-order valence-electron chi connectivity index (χ1n) is 7.54. The number of morpholine rings is 1. The van der Waals surface area contributed by atoms with E-state index in [2.05, 4.69) is 21.7 Å². The van der Waals surface area contributed by atoms with E-state index in [0.29, 0.717) is 0 Å². The second-order valence-electron chi connectivity index (χ2n) is 5.88. The van der Waals surface area contributed by atoms with Crippen molar-refractivity contribution in [1.29, 1.82) is 0 Å². The molecule has 0 amide bonds. The zero-order valence-electron chi connectivity index (χ0n) is 11.9. The molecule has 0 saturated carbocycles. The molecule has 0 aliphatic carbocycles. The number of piperidine rings is 1. The van der Waals surface area contributed by atoms with Crippen LogP contribution < -0.4 is 5.32 Å². The zero-order chi connectivity index (χ0) is 13.8. The predicted octanol–water partition coefficient (Wildman–Crippen LogP) is 1.24. The summed E-state index contributed by atoms with van der Waals surface area (Å²) in [5.74, 6) is 0. The molecule has 0 aromatic carbocycles. The van der Waals surface area contributed by atoms with Crippen LogP contribution in [0.15, 0.2) is 11.4 Å². The topological polar surface area (TPSA) is 44.7 Å². The third kappa shape index (κ3) is 3.40. The fourth-order valence-corrected chi connectivity index (χ4v) is 4.10. The summed E-state index contributed by atoms with van der Waals surface area (Å²) in [4.78, 5) is 3.93. The molecule has 0 bridgehead atoms. The monoisotopic (exact) mass is 296 g/mol. The van der Waals surface area contributed by atoms with Crippen LogP contribution in [-0.2, 0) is 17.7 Å². The van der Waals surface area contributed by atoms with E-state index in [0.717, 1.165) is 58.6 Å². The van der Waals surface area contributed by atoms with Gasteiger partial charge in [-0.3, -0.25) is 4.90 Å². The van der Waals surface area contributed by atoms with E-state index in [4.69, 9.17) is 9.84 Å². The van der Waals surface area contributed by atoms with Crippen molar-refractivity contribution in [1.82, 2.24) is 10.2 Å². The second-order valence-corrected chi connectivity index (χ2v) is 6.88. The molecule has 20 heavy (non-hydrogen) atoms. The Labute approximate surface area is 124 Å². The lowest BCUT2D eigenvalue weighted by atomic mass is 9.90. The number of rotatable bonds is 4. The van der Waals surface area contributed by atoms with Gasteiger partial charge in [0.1, 0.15) is 0 Å². The van der Waals surface area contributed by atoms with Crippen LogP contribution in [-0.4, -0.2) is 55.0 Å². The van der Waals surface area contributed by atoms with Gasteiger partial charge in [-0.15, -0.1) is 11.3 Å². The van der Waals surface area contributed by atoms with Crippen LogP contribution in [0.25, 0.3) is 0 Å². The van der Waals surface area contributed by atoms with E-state index >= 15 is 0 Å². The zero-order valence-corrected chi connectivity index (χ0v) is 12.8. The van der Waals surface area contributed by atoms with Crippen LogP contribution in [0.2, 0.25) is 0 Å². The van der Waals surface area contributed by atoms with E-state index in [9.17, 15) is 0 Å². The number of aliphatic hydroxyl groups excluding tert-OH is 1. The van der Waals surface area contributed by atoms with Crippen LogP contribution in [0.1, 0.15) is 23.3 Å². The van der Waals surface area contributed by atoms with Gasteiger partial charge in [0.25, 0.3) is 0 Å². The highest BCUT2D eigenvalue weighted by Gasteiger charge is 2.36. The molecular formula is C15H24N2O2S. The molecule has 1 spiro atoms. The number of aliphatic hydroxyl groups is 1. The molecule has 2 N–H and O–H groups in total. The van der Waals surface area contributed by atoms with E-state index in [1.54, 1.807) is 0 Å². The van der Waals surface area contributed by atoms with Crippen LogP contribution in [0.3, 0.4) is 0 Å². The SMILES string of the molecule is OCCc1csc(CN2CCC3(CC2)CNCCO3)c1. The summed E-state index contributed by atoms with van der Waals surface area (Å²) < 4.78 is 6.03. The van der Waals surface area contributed by atoms with E-state index in [-0.39, 0.29) is 12.2 Å². The quantitative estimate of drug-likeness (QED) is 0.877. The summed E-state index contributed by atoms with van der Waals surface area (Å²) >= 11 is 1.81. The molecule has 2 saturated heterocycles. The first kappa shape index (κ1) is 14.5. The highest BCUT2D eigenvalue weighted by molar-refractivity contribution is 7.10. The summed E-state index contributed by atoms with van der Waals surface area (Å²) in [6.07, 6.45) is 3.04. The van der Waals surface area contributed by atoms with Crippen molar-refractivity contribution in [2.24, 2.45) is 0 Å². The lowest BCUT2D eigenvalue weighted by Gasteiger charge is -2.44. The number of thiophene rings is 1. The molecule has 3 rings (SSSR count). The molecule has 112 valence electrons. The highest BCUT2D eigenvalue weighted by atomic mass is 32.1. The van der Waals surface area contributed by atoms with Gasteiger partial charge in [-0.1, -0.05) is 0 Å². The summed E-state index contributed by atoms with van der Waals surface area (Å²) in [7, 11) is 0. The Hall–Kier alpha value is -0.460. The number of hydrogen-bond donors (Lipinski definition) is 2. The standard InChI is InChI=1S/C15H24N2O2S/c18-7-1-13-9-14(20-11-13)10-17-5-2-15(3-6-17)12-16-4-8-19-15/h9,11,16,18H,1-8,10,12H2. The molecule has 0 radical (unpaired) electrons. The van der Waals surface area contributed by atoms with E-state index in [1.807, 2.05) is 11.3 Å². The lowest BCUT2D eigenvalue weighted by Crippen LogP contribution is -2.55. The van der Waals surface area contributed by atoms with Crippen molar-refractivity contribution in [2.45, 2.75) is 31.4 Å². The van der Waals surface area contributed by atoms with Crippen molar-refractivity contribution < 1.29 is 9.84 Å². The minimum atomic E-state index is 0.103. The van der Waals surface area contributed by atoms with Crippen LogP contribution in [0, 0.1) is 0 Å². The Morgan fingerprint density at radius 1 is 1.40 bits per heavy atom. The Morgan fingerprint density at radius 3 is 2.95 bits per heavy atom. The third-order valence-corrected chi connectivity index (χ3v) is 5.36.